The number of aromatic amines is 1. The number of thiophene rings is 1. The van der Waals surface area contributed by atoms with Crippen molar-refractivity contribution < 1.29 is 4.79 Å². The van der Waals surface area contributed by atoms with Crippen LogP contribution in [-0.4, -0.2) is 36.3 Å². The Morgan fingerprint density at radius 3 is 2.92 bits per heavy atom. The second-order valence-electron chi connectivity index (χ2n) is 4.87. The monoisotopic (exact) mass is 337 g/mol. The summed E-state index contributed by atoms with van der Waals surface area (Å²) in [6.07, 6.45) is 1.44. The summed E-state index contributed by atoms with van der Waals surface area (Å²) < 4.78 is 1.44. The molecule has 4 rings (SSSR count). The molecule has 0 fully saturated rings. The van der Waals surface area contributed by atoms with Crippen LogP contribution in [0, 0.1) is 0 Å². The number of tetrazole rings is 1. The first-order chi connectivity index (χ1) is 11.8. The van der Waals surface area contributed by atoms with Gasteiger partial charge in [0.2, 0.25) is 0 Å². The van der Waals surface area contributed by atoms with Crippen molar-refractivity contribution in [3.05, 3.63) is 59.7 Å². The Morgan fingerprint density at radius 1 is 1.21 bits per heavy atom. The molecule has 0 saturated carbocycles. The molecule has 0 atom stereocenters. The number of para-hydroxylation sites is 1. The highest BCUT2D eigenvalue weighted by Gasteiger charge is 2.15. The van der Waals surface area contributed by atoms with E-state index in [2.05, 4.69) is 31.0 Å². The van der Waals surface area contributed by atoms with Crippen LogP contribution in [0.5, 0.6) is 0 Å². The van der Waals surface area contributed by atoms with Gasteiger partial charge >= 0.3 is 0 Å². The van der Waals surface area contributed by atoms with Crippen molar-refractivity contribution in [3.63, 3.8) is 0 Å². The third-order valence-electron chi connectivity index (χ3n) is 3.35. The van der Waals surface area contributed by atoms with E-state index in [4.69, 9.17) is 0 Å². The number of benzene rings is 1. The summed E-state index contributed by atoms with van der Waals surface area (Å²) in [5.74, 6) is 0.167. The average molecular weight is 337 g/mol. The maximum absolute atomic E-state index is 12.6. The number of nitrogens with one attached hydrogen (secondary N) is 2. The minimum atomic E-state index is -0.287. The normalized spacial score (nSPS) is 10.7. The average Bonchev–Trinajstić information content (AvgIpc) is 3.36. The van der Waals surface area contributed by atoms with Crippen molar-refractivity contribution in [1.29, 1.82) is 0 Å². The number of rotatable bonds is 4. The first-order valence-corrected chi connectivity index (χ1v) is 7.92. The van der Waals surface area contributed by atoms with Crippen molar-refractivity contribution in [3.8, 4) is 16.3 Å². The molecule has 0 saturated heterocycles. The Labute approximate surface area is 140 Å². The topological polar surface area (TPSA) is 101 Å². The van der Waals surface area contributed by atoms with E-state index in [1.54, 1.807) is 35.6 Å². The smallest absolute Gasteiger partial charge is 0.259 e. The van der Waals surface area contributed by atoms with Gasteiger partial charge in [-0.1, -0.05) is 18.2 Å². The number of hydrogen-bond acceptors (Lipinski definition) is 6. The van der Waals surface area contributed by atoms with Gasteiger partial charge in [0.05, 0.1) is 21.8 Å². The molecule has 0 bridgehead atoms. The van der Waals surface area contributed by atoms with E-state index in [9.17, 15) is 4.79 Å². The molecule has 118 valence electrons. The maximum Gasteiger partial charge on any atom is 0.259 e. The van der Waals surface area contributed by atoms with E-state index in [1.165, 1.54) is 11.0 Å². The summed E-state index contributed by atoms with van der Waals surface area (Å²) in [5.41, 5.74) is 1.90. The molecule has 0 aliphatic rings. The second kappa shape index (κ2) is 6.05. The van der Waals surface area contributed by atoms with Crippen molar-refractivity contribution in [1.82, 2.24) is 30.4 Å². The molecule has 8 nitrogen and oxygen atoms in total. The molecule has 3 heterocycles. The Morgan fingerprint density at radius 2 is 2.12 bits per heavy atom. The number of carbonyl (C=O) groups is 1. The lowest BCUT2D eigenvalue weighted by Gasteiger charge is -2.07. The number of H-pyrrole nitrogens is 1. The van der Waals surface area contributed by atoms with Crippen LogP contribution >= 0.6 is 11.3 Å². The fraction of sp³-hybridized carbons (Fsp3) is 0. The van der Waals surface area contributed by atoms with Crippen molar-refractivity contribution in [2.24, 2.45) is 0 Å². The molecule has 0 aliphatic heterocycles. The number of amides is 1. The molecule has 1 amide bonds. The largest absolute Gasteiger partial charge is 0.305 e. The maximum atomic E-state index is 12.6. The first-order valence-electron chi connectivity index (χ1n) is 7.04. The summed E-state index contributed by atoms with van der Waals surface area (Å²) in [6, 6.07) is 12.8. The van der Waals surface area contributed by atoms with Crippen molar-refractivity contribution >= 4 is 23.1 Å². The van der Waals surface area contributed by atoms with Crippen LogP contribution in [0.1, 0.15) is 10.4 Å². The van der Waals surface area contributed by atoms with Gasteiger partial charge in [-0.05, 0) is 34.0 Å². The zero-order chi connectivity index (χ0) is 16.4. The van der Waals surface area contributed by atoms with Gasteiger partial charge in [0.1, 0.15) is 6.33 Å². The van der Waals surface area contributed by atoms with E-state index in [0.29, 0.717) is 17.1 Å². The Balaban J connectivity index is 1.59. The van der Waals surface area contributed by atoms with Gasteiger partial charge in [-0.25, -0.2) is 0 Å². The van der Waals surface area contributed by atoms with Crippen molar-refractivity contribution in [2.75, 3.05) is 5.32 Å². The molecule has 4 aromatic rings. The van der Waals surface area contributed by atoms with Gasteiger partial charge in [-0.3, -0.25) is 9.89 Å². The lowest BCUT2D eigenvalue weighted by molar-refractivity contribution is 0.102. The van der Waals surface area contributed by atoms with Gasteiger partial charge in [-0.2, -0.15) is 9.78 Å². The molecule has 3 aromatic heterocycles. The van der Waals surface area contributed by atoms with Crippen LogP contribution in [0.25, 0.3) is 16.3 Å². The Bertz CT molecular complexity index is 960. The highest BCUT2D eigenvalue weighted by molar-refractivity contribution is 7.13. The second-order valence-corrected chi connectivity index (χ2v) is 5.82. The van der Waals surface area contributed by atoms with Gasteiger partial charge in [0.25, 0.3) is 5.91 Å². The van der Waals surface area contributed by atoms with Gasteiger partial charge in [0, 0.05) is 6.07 Å². The lowest BCUT2D eigenvalue weighted by Crippen LogP contribution is -2.15. The number of carbonyl (C=O) groups excluding carboxylic acids is 1. The van der Waals surface area contributed by atoms with Gasteiger partial charge in [-0.15, -0.1) is 16.4 Å². The fourth-order valence-corrected chi connectivity index (χ4v) is 2.96. The molecule has 2 N–H and O–H groups in total. The molecule has 0 unspecified atom stereocenters. The van der Waals surface area contributed by atoms with Gasteiger partial charge < -0.3 is 5.32 Å². The third-order valence-corrected chi connectivity index (χ3v) is 4.25. The lowest BCUT2D eigenvalue weighted by atomic mass is 10.1. The minimum absolute atomic E-state index is 0.287. The number of anilines is 1. The van der Waals surface area contributed by atoms with Crippen LogP contribution in [0.3, 0.4) is 0 Å². The van der Waals surface area contributed by atoms with E-state index in [0.717, 1.165) is 10.6 Å². The number of hydrogen-bond donors (Lipinski definition) is 2. The standard InChI is InChI=1S/C15H11N7OS/c23-15(10-4-1-2-5-12(10)22-9-16-20-21-22)17-14-8-11(18-19-14)13-6-3-7-24-13/h1-9H,(H2,17,18,19,23). The molecular weight excluding hydrogens is 326 g/mol. The summed E-state index contributed by atoms with van der Waals surface area (Å²) in [4.78, 5) is 13.6. The quantitative estimate of drug-likeness (QED) is 0.595. The van der Waals surface area contributed by atoms with Crippen LogP contribution in [-0.2, 0) is 0 Å². The Kier molecular flexibility index (Phi) is 3.60. The Hall–Kier alpha value is -3.33. The predicted octanol–water partition coefficient (Wildman–Crippen LogP) is 2.37. The van der Waals surface area contributed by atoms with E-state index in [1.807, 2.05) is 23.6 Å². The molecular formula is C15H11N7OS. The third kappa shape index (κ3) is 2.68. The van der Waals surface area contributed by atoms with Gasteiger partial charge in [0.15, 0.2) is 5.82 Å². The highest BCUT2D eigenvalue weighted by atomic mass is 32.1. The SMILES string of the molecule is O=C(Nc1cc(-c2cccs2)[nH]n1)c1ccccc1-n1cnnn1. The van der Waals surface area contributed by atoms with E-state index >= 15 is 0 Å². The van der Waals surface area contributed by atoms with Crippen molar-refractivity contribution in [2.45, 2.75) is 0 Å². The zero-order valence-corrected chi connectivity index (χ0v) is 13.1. The number of aromatic nitrogens is 6. The van der Waals surface area contributed by atoms with Crippen LogP contribution in [0.4, 0.5) is 5.82 Å². The van der Waals surface area contributed by atoms with Crippen LogP contribution in [0.15, 0.2) is 54.2 Å². The highest BCUT2D eigenvalue weighted by Crippen LogP contribution is 2.24. The molecule has 0 radical (unpaired) electrons. The first kappa shape index (κ1) is 14.3. The predicted molar refractivity (Wildman–Crippen MR) is 89.0 cm³/mol. The van der Waals surface area contributed by atoms with E-state index in [-0.39, 0.29) is 5.91 Å². The number of nitrogens with zero attached hydrogens (tertiary/aromatic N) is 5. The molecule has 0 spiro atoms. The molecule has 9 heteroatoms. The van der Waals surface area contributed by atoms with E-state index < -0.39 is 0 Å². The zero-order valence-electron chi connectivity index (χ0n) is 12.2. The summed E-state index contributed by atoms with van der Waals surface area (Å²) in [6.45, 7) is 0. The molecule has 1 aromatic carbocycles. The summed E-state index contributed by atoms with van der Waals surface area (Å²) in [7, 11) is 0. The fourth-order valence-electron chi connectivity index (χ4n) is 2.26. The molecule has 24 heavy (non-hydrogen) atoms. The summed E-state index contributed by atoms with van der Waals surface area (Å²) >= 11 is 1.60. The van der Waals surface area contributed by atoms with Crippen LogP contribution in [0.2, 0.25) is 0 Å². The minimum Gasteiger partial charge on any atom is -0.305 e. The molecule has 0 aliphatic carbocycles. The van der Waals surface area contributed by atoms with Crippen LogP contribution < -0.4 is 5.32 Å². The summed E-state index contributed by atoms with van der Waals surface area (Å²) in [5, 5.41) is 22.8.